The number of rotatable bonds is 6. The molecule has 0 aliphatic rings. The molecule has 0 unspecified atom stereocenters. The summed E-state index contributed by atoms with van der Waals surface area (Å²) in [5, 5.41) is 4.06. The largest absolute Gasteiger partial charge is 0.496 e. The van der Waals surface area contributed by atoms with Crippen LogP contribution in [-0.2, 0) is 9.53 Å². The van der Waals surface area contributed by atoms with Gasteiger partial charge in [0.15, 0.2) is 6.61 Å². The van der Waals surface area contributed by atoms with E-state index >= 15 is 0 Å². The summed E-state index contributed by atoms with van der Waals surface area (Å²) in [4.78, 5) is 24.3. The molecule has 0 saturated carbocycles. The van der Waals surface area contributed by atoms with E-state index < -0.39 is 18.5 Å². The van der Waals surface area contributed by atoms with Gasteiger partial charge < -0.3 is 19.2 Å². The standard InChI is InChI=1S/C20H18ClNO5/c1-12(18-9-13-5-3-4-6-16(13)27-18)22-19(23)11-26-20(24)15-10-14(21)7-8-17(15)25-2/h3-10,12H,11H2,1-2H3,(H,22,23)/t12-/m0/s1. The molecule has 3 rings (SSSR count). The van der Waals surface area contributed by atoms with Gasteiger partial charge in [-0.2, -0.15) is 0 Å². The van der Waals surface area contributed by atoms with Crippen molar-refractivity contribution < 1.29 is 23.5 Å². The predicted octanol–water partition coefficient (Wildman–Crippen LogP) is 4.13. The number of halogens is 1. The summed E-state index contributed by atoms with van der Waals surface area (Å²) in [6.07, 6.45) is 0. The number of methoxy groups -OCH3 is 1. The van der Waals surface area contributed by atoms with Gasteiger partial charge in [0.05, 0.1) is 13.2 Å². The van der Waals surface area contributed by atoms with Crippen molar-refractivity contribution in [1.29, 1.82) is 0 Å². The monoisotopic (exact) mass is 387 g/mol. The first-order valence-electron chi connectivity index (χ1n) is 8.26. The van der Waals surface area contributed by atoms with Crippen LogP contribution in [0.1, 0.15) is 29.1 Å². The van der Waals surface area contributed by atoms with Gasteiger partial charge in [0.1, 0.15) is 22.7 Å². The Hall–Kier alpha value is -2.99. The molecule has 0 bridgehead atoms. The highest BCUT2D eigenvalue weighted by Gasteiger charge is 2.18. The van der Waals surface area contributed by atoms with Gasteiger partial charge in [-0.05, 0) is 37.3 Å². The zero-order chi connectivity index (χ0) is 19.4. The van der Waals surface area contributed by atoms with E-state index in [1.54, 1.807) is 19.1 Å². The molecule has 1 amide bonds. The van der Waals surface area contributed by atoms with E-state index in [0.29, 0.717) is 16.5 Å². The van der Waals surface area contributed by atoms with Crippen molar-refractivity contribution in [1.82, 2.24) is 5.32 Å². The third-order valence-corrected chi connectivity index (χ3v) is 4.20. The van der Waals surface area contributed by atoms with E-state index in [1.807, 2.05) is 30.3 Å². The highest BCUT2D eigenvalue weighted by molar-refractivity contribution is 6.31. The number of hydrogen-bond donors (Lipinski definition) is 1. The molecule has 0 spiro atoms. The number of ether oxygens (including phenoxy) is 2. The average Bonchev–Trinajstić information content (AvgIpc) is 3.10. The number of furan rings is 1. The molecule has 140 valence electrons. The van der Waals surface area contributed by atoms with Gasteiger partial charge in [-0.3, -0.25) is 4.79 Å². The summed E-state index contributed by atoms with van der Waals surface area (Å²) in [5.74, 6) is -0.203. The number of carbonyl (C=O) groups excluding carboxylic acids is 2. The second-order valence-electron chi connectivity index (χ2n) is 5.90. The number of amides is 1. The lowest BCUT2D eigenvalue weighted by Gasteiger charge is -2.12. The summed E-state index contributed by atoms with van der Waals surface area (Å²) in [6.45, 7) is 1.36. The Kier molecular flexibility index (Phi) is 5.66. The van der Waals surface area contributed by atoms with Gasteiger partial charge in [-0.15, -0.1) is 0 Å². The van der Waals surface area contributed by atoms with Crippen LogP contribution >= 0.6 is 11.6 Å². The Morgan fingerprint density at radius 2 is 1.96 bits per heavy atom. The molecule has 1 heterocycles. The zero-order valence-electron chi connectivity index (χ0n) is 14.8. The summed E-state index contributed by atoms with van der Waals surface area (Å²) < 4.78 is 15.9. The maximum absolute atomic E-state index is 12.2. The topological polar surface area (TPSA) is 77.8 Å². The lowest BCUT2D eigenvalue weighted by molar-refractivity contribution is -0.125. The van der Waals surface area contributed by atoms with Crippen molar-refractivity contribution in [2.75, 3.05) is 13.7 Å². The normalized spacial score (nSPS) is 11.8. The molecule has 7 heteroatoms. The molecule has 2 aromatic carbocycles. The van der Waals surface area contributed by atoms with Crippen LogP contribution in [0.25, 0.3) is 11.0 Å². The number of benzene rings is 2. The van der Waals surface area contributed by atoms with E-state index in [-0.39, 0.29) is 11.6 Å². The Balaban J connectivity index is 1.59. The summed E-state index contributed by atoms with van der Waals surface area (Å²) in [6, 6.07) is 13.6. The minimum atomic E-state index is -0.694. The van der Waals surface area contributed by atoms with Crippen LogP contribution in [0.3, 0.4) is 0 Å². The smallest absolute Gasteiger partial charge is 0.342 e. The Labute approximate surface area is 161 Å². The molecule has 0 aliphatic carbocycles. The van der Waals surface area contributed by atoms with Crippen LogP contribution in [0, 0.1) is 0 Å². The van der Waals surface area contributed by atoms with Crippen LogP contribution in [0.15, 0.2) is 52.9 Å². The Morgan fingerprint density at radius 1 is 1.19 bits per heavy atom. The average molecular weight is 388 g/mol. The summed E-state index contributed by atoms with van der Waals surface area (Å²) >= 11 is 5.90. The third kappa shape index (κ3) is 4.41. The van der Waals surface area contributed by atoms with Gasteiger partial charge in [0.25, 0.3) is 5.91 Å². The number of fused-ring (bicyclic) bond motifs is 1. The first-order chi connectivity index (χ1) is 13.0. The number of para-hydroxylation sites is 1. The van der Waals surface area contributed by atoms with Crippen LogP contribution in [0.2, 0.25) is 5.02 Å². The second kappa shape index (κ2) is 8.14. The predicted molar refractivity (Wildman–Crippen MR) is 101 cm³/mol. The number of nitrogens with one attached hydrogen (secondary N) is 1. The van der Waals surface area contributed by atoms with E-state index in [1.165, 1.54) is 13.2 Å². The number of carbonyl (C=O) groups is 2. The van der Waals surface area contributed by atoms with E-state index in [0.717, 1.165) is 11.0 Å². The molecule has 0 radical (unpaired) electrons. The molecule has 6 nitrogen and oxygen atoms in total. The van der Waals surface area contributed by atoms with Crippen LogP contribution in [0.5, 0.6) is 5.75 Å². The van der Waals surface area contributed by atoms with Gasteiger partial charge in [-0.1, -0.05) is 29.8 Å². The maximum atomic E-state index is 12.2. The Bertz CT molecular complexity index is 948. The molecule has 27 heavy (non-hydrogen) atoms. The highest BCUT2D eigenvalue weighted by Crippen LogP contribution is 2.24. The van der Waals surface area contributed by atoms with Crippen molar-refractivity contribution in [2.45, 2.75) is 13.0 Å². The molecular weight excluding hydrogens is 370 g/mol. The van der Waals surface area contributed by atoms with Crippen molar-refractivity contribution in [3.05, 3.63) is 64.9 Å². The molecule has 1 atom stereocenters. The van der Waals surface area contributed by atoms with Crippen molar-refractivity contribution in [3.8, 4) is 5.75 Å². The third-order valence-electron chi connectivity index (χ3n) is 3.96. The molecular formula is C20H18ClNO5. The summed E-state index contributed by atoms with van der Waals surface area (Å²) in [7, 11) is 1.43. The summed E-state index contributed by atoms with van der Waals surface area (Å²) in [5.41, 5.74) is 0.899. The van der Waals surface area contributed by atoms with Gasteiger partial charge in [-0.25, -0.2) is 4.79 Å². The molecule has 0 saturated heterocycles. The van der Waals surface area contributed by atoms with Crippen molar-refractivity contribution in [2.24, 2.45) is 0 Å². The van der Waals surface area contributed by atoms with E-state index in [9.17, 15) is 9.59 Å². The molecule has 0 aliphatic heterocycles. The fourth-order valence-corrected chi connectivity index (χ4v) is 2.79. The minimum Gasteiger partial charge on any atom is -0.496 e. The van der Waals surface area contributed by atoms with Crippen LogP contribution in [0.4, 0.5) is 0 Å². The van der Waals surface area contributed by atoms with E-state index in [4.69, 9.17) is 25.5 Å². The Morgan fingerprint density at radius 3 is 2.70 bits per heavy atom. The molecule has 0 fully saturated rings. The second-order valence-corrected chi connectivity index (χ2v) is 6.33. The van der Waals surface area contributed by atoms with Crippen molar-refractivity contribution in [3.63, 3.8) is 0 Å². The molecule has 1 N–H and O–H groups in total. The lowest BCUT2D eigenvalue weighted by Crippen LogP contribution is -2.31. The highest BCUT2D eigenvalue weighted by atomic mass is 35.5. The van der Waals surface area contributed by atoms with Gasteiger partial charge >= 0.3 is 5.97 Å². The number of hydrogen-bond acceptors (Lipinski definition) is 5. The van der Waals surface area contributed by atoms with Crippen molar-refractivity contribution >= 4 is 34.4 Å². The van der Waals surface area contributed by atoms with E-state index in [2.05, 4.69) is 5.32 Å². The molecule has 1 aromatic heterocycles. The minimum absolute atomic E-state index is 0.156. The first kappa shape index (κ1) is 18.8. The zero-order valence-corrected chi connectivity index (χ0v) is 15.6. The fourth-order valence-electron chi connectivity index (χ4n) is 2.62. The quantitative estimate of drug-likeness (QED) is 0.643. The number of esters is 1. The first-order valence-corrected chi connectivity index (χ1v) is 8.64. The van der Waals surface area contributed by atoms with Gasteiger partial charge in [0, 0.05) is 10.4 Å². The van der Waals surface area contributed by atoms with Crippen LogP contribution in [-0.4, -0.2) is 25.6 Å². The van der Waals surface area contributed by atoms with Gasteiger partial charge in [0.2, 0.25) is 0 Å². The SMILES string of the molecule is COc1ccc(Cl)cc1C(=O)OCC(=O)N[C@@H](C)c1cc2ccccc2o1. The fraction of sp³-hybridized carbons (Fsp3) is 0.200. The van der Waals surface area contributed by atoms with Crippen LogP contribution < -0.4 is 10.1 Å². The lowest BCUT2D eigenvalue weighted by atomic mass is 10.2. The maximum Gasteiger partial charge on any atom is 0.342 e. The molecule has 3 aromatic rings.